The third-order valence-electron chi connectivity index (χ3n) is 1.54. The molecule has 0 bridgehead atoms. The molecule has 2 heteroatoms. The Hall–Kier alpha value is -0.630. The lowest BCUT2D eigenvalue weighted by molar-refractivity contribution is -0.116. The van der Waals surface area contributed by atoms with Crippen LogP contribution in [0.1, 0.15) is 26.7 Å². The molecule has 11 heavy (non-hydrogen) atoms. The van der Waals surface area contributed by atoms with Gasteiger partial charge in [0.1, 0.15) is 5.78 Å². The van der Waals surface area contributed by atoms with E-state index in [-0.39, 0.29) is 5.78 Å². The summed E-state index contributed by atoms with van der Waals surface area (Å²) in [5.74, 6) is 0.256. The van der Waals surface area contributed by atoms with Crippen LogP contribution in [-0.2, 0) is 4.79 Å². The molecular formula is C9H17NO. The van der Waals surface area contributed by atoms with Crippen molar-refractivity contribution in [3.63, 3.8) is 0 Å². The predicted molar refractivity (Wildman–Crippen MR) is 47.6 cm³/mol. The van der Waals surface area contributed by atoms with Crippen LogP contribution >= 0.6 is 0 Å². The Labute approximate surface area is 68.7 Å². The highest BCUT2D eigenvalue weighted by Gasteiger charge is 1.90. The van der Waals surface area contributed by atoms with Gasteiger partial charge >= 0.3 is 0 Å². The van der Waals surface area contributed by atoms with Gasteiger partial charge in [0, 0.05) is 12.5 Å². The topological polar surface area (TPSA) is 29.1 Å². The minimum Gasteiger partial charge on any atom is -0.314 e. The second-order valence-electron chi connectivity index (χ2n) is 2.75. The van der Waals surface area contributed by atoms with E-state index in [1.165, 1.54) is 0 Å². The molecule has 0 aliphatic rings. The maximum atomic E-state index is 10.5. The molecule has 0 aliphatic heterocycles. The molecule has 0 saturated carbocycles. The zero-order valence-electron chi connectivity index (χ0n) is 7.55. The first-order chi connectivity index (χ1) is 5.16. The van der Waals surface area contributed by atoms with E-state index < -0.39 is 0 Å². The number of carbonyl (C=O) groups is 1. The summed E-state index contributed by atoms with van der Waals surface area (Å²) in [4.78, 5) is 10.5. The fourth-order valence-corrected chi connectivity index (χ4v) is 0.683. The van der Waals surface area contributed by atoms with Crippen LogP contribution in [0.25, 0.3) is 0 Å². The molecule has 1 atom stereocenters. The highest BCUT2D eigenvalue weighted by atomic mass is 16.1. The summed E-state index contributed by atoms with van der Waals surface area (Å²) in [6.45, 7) is 3.69. The molecule has 0 amide bonds. The van der Waals surface area contributed by atoms with Crippen molar-refractivity contribution < 1.29 is 4.79 Å². The van der Waals surface area contributed by atoms with Gasteiger partial charge in [0.05, 0.1) is 0 Å². The van der Waals surface area contributed by atoms with Crippen molar-refractivity contribution >= 4 is 5.78 Å². The second-order valence-corrected chi connectivity index (χ2v) is 2.75. The van der Waals surface area contributed by atoms with E-state index in [2.05, 4.69) is 18.3 Å². The van der Waals surface area contributed by atoms with E-state index in [1.807, 2.05) is 13.1 Å². The number of likely N-dealkylation sites (N-methyl/N-ethyl adjacent to an activating group) is 1. The molecule has 0 heterocycles. The fourth-order valence-electron chi connectivity index (χ4n) is 0.683. The largest absolute Gasteiger partial charge is 0.314 e. The summed E-state index contributed by atoms with van der Waals surface area (Å²) < 4.78 is 0. The van der Waals surface area contributed by atoms with Gasteiger partial charge in [0.15, 0.2) is 0 Å². The Morgan fingerprint density at radius 1 is 1.64 bits per heavy atom. The summed E-state index contributed by atoms with van der Waals surface area (Å²) in [5.41, 5.74) is 0. The van der Waals surface area contributed by atoms with Crippen LogP contribution in [0.15, 0.2) is 12.2 Å². The fraction of sp³-hybridized carbons (Fsp3) is 0.667. The Balaban J connectivity index is 3.36. The van der Waals surface area contributed by atoms with E-state index in [0.717, 1.165) is 6.42 Å². The van der Waals surface area contributed by atoms with E-state index in [1.54, 1.807) is 6.92 Å². The smallest absolute Gasteiger partial charge is 0.130 e. The average Bonchev–Trinajstić information content (AvgIpc) is 1.97. The normalized spacial score (nSPS) is 13.7. The molecule has 0 spiro atoms. The third-order valence-corrected chi connectivity index (χ3v) is 1.54. The number of carbonyl (C=O) groups excluding carboxylic acids is 1. The van der Waals surface area contributed by atoms with Crippen molar-refractivity contribution in [1.29, 1.82) is 0 Å². The molecule has 1 N–H and O–H groups in total. The number of allylic oxidation sites excluding steroid dienone is 1. The number of nitrogens with one attached hydrogen (secondary N) is 1. The number of hydrogen-bond acceptors (Lipinski definition) is 2. The van der Waals surface area contributed by atoms with E-state index >= 15 is 0 Å². The molecule has 0 aromatic rings. The van der Waals surface area contributed by atoms with Crippen molar-refractivity contribution in [3.8, 4) is 0 Å². The van der Waals surface area contributed by atoms with Crippen molar-refractivity contribution in [1.82, 2.24) is 5.32 Å². The maximum absolute atomic E-state index is 10.5. The molecule has 0 aromatic carbocycles. The highest BCUT2D eigenvalue weighted by molar-refractivity contribution is 5.75. The lowest BCUT2D eigenvalue weighted by Crippen LogP contribution is -2.17. The first-order valence-electron chi connectivity index (χ1n) is 4.00. The average molecular weight is 155 g/mol. The minimum atomic E-state index is 0.256. The van der Waals surface area contributed by atoms with Crippen LogP contribution in [0, 0.1) is 0 Å². The van der Waals surface area contributed by atoms with Gasteiger partial charge in [-0.3, -0.25) is 0 Å². The number of rotatable bonds is 5. The van der Waals surface area contributed by atoms with Gasteiger partial charge in [0.2, 0.25) is 0 Å². The molecule has 2 nitrogen and oxygen atoms in total. The molecule has 0 saturated heterocycles. The van der Waals surface area contributed by atoms with Crippen LogP contribution in [0.5, 0.6) is 0 Å². The lowest BCUT2D eigenvalue weighted by atomic mass is 10.2. The number of ketones is 1. The monoisotopic (exact) mass is 155 g/mol. The molecule has 0 rings (SSSR count). The van der Waals surface area contributed by atoms with Gasteiger partial charge in [-0.05, 0) is 27.3 Å². The van der Waals surface area contributed by atoms with Crippen LogP contribution in [-0.4, -0.2) is 18.9 Å². The van der Waals surface area contributed by atoms with Gasteiger partial charge in [-0.25, -0.2) is 0 Å². The summed E-state index contributed by atoms with van der Waals surface area (Å²) in [7, 11) is 1.92. The van der Waals surface area contributed by atoms with Gasteiger partial charge in [-0.1, -0.05) is 12.2 Å². The van der Waals surface area contributed by atoms with Crippen molar-refractivity contribution in [2.75, 3.05) is 7.05 Å². The quantitative estimate of drug-likeness (QED) is 0.610. The van der Waals surface area contributed by atoms with E-state index in [9.17, 15) is 4.79 Å². The van der Waals surface area contributed by atoms with Gasteiger partial charge in [0.25, 0.3) is 0 Å². The van der Waals surface area contributed by atoms with E-state index in [0.29, 0.717) is 12.5 Å². The molecule has 0 aromatic heterocycles. The summed E-state index contributed by atoms with van der Waals surface area (Å²) >= 11 is 0. The van der Waals surface area contributed by atoms with Crippen LogP contribution in [0.2, 0.25) is 0 Å². The second kappa shape index (κ2) is 6.10. The summed E-state index contributed by atoms with van der Waals surface area (Å²) in [6, 6.07) is 0.405. The molecule has 0 fully saturated rings. The molecular weight excluding hydrogens is 138 g/mol. The highest BCUT2D eigenvalue weighted by Crippen LogP contribution is 1.93. The number of hydrogen-bond donors (Lipinski definition) is 1. The molecule has 0 radical (unpaired) electrons. The number of Topliss-reactive ketones (excluding diaryl/α,β-unsaturated/α-hetero) is 1. The van der Waals surface area contributed by atoms with Crippen molar-refractivity contribution in [2.45, 2.75) is 32.7 Å². The van der Waals surface area contributed by atoms with E-state index in [4.69, 9.17) is 0 Å². The zero-order chi connectivity index (χ0) is 8.69. The van der Waals surface area contributed by atoms with Crippen LogP contribution in [0.3, 0.4) is 0 Å². The Bertz CT molecular complexity index is 140. The van der Waals surface area contributed by atoms with Crippen molar-refractivity contribution in [2.24, 2.45) is 0 Å². The Kier molecular flexibility index (Phi) is 5.75. The Morgan fingerprint density at radius 3 is 2.73 bits per heavy atom. The first-order valence-corrected chi connectivity index (χ1v) is 4.00. The predicted octanol–water partition coefficient (Wildman–Crippen LogP) is 1.52. The maximum Gasteiger partial charge on any atom is 0.130 e. The Morgan fingerprint density at radius 2 is 2.27 bits per heavy atom. The molecule has 64 valence electrons. The summed E-state index contributed by atoms with van der Waals surface area (Å²) in [6.07, 6.45) is 5.64. The SMILES string of the molecule is CNC(C)/C=C/CCC(C)=O. The minimum absolute atomic E-state index is 0.256. The van der Waals surface area contributed by atoms with Crippen molar-refractivity contribution in [3.05, 3.63) is 12.2 Å². The molecule has 1 unspecified atom stereocenters. The third kappa shape index (κ3) is 7.26. The van der Waals surface area contributed by atoms with Gasteiger partial charge in [-0.15, -0.1) is 0 Å². The van der Waals surface area contributed by atoms with Gasteiger partial charge in [-0.2, -0.15) is 0 Å². The molecule has 0 aliphatic carbocycles. The first kappa shape index (κ1) is 10.4. The summed E-state index contributed by atoms with van der Waals surface area (Å²) in [5, 5.41) is 3.08. The van der Waals surface area contributed by atoms with Crippen LogP contribution in [0.4, 0.5) is 0 Å². The lowest BCUT2D eigenvalue weighted by Gasteiger charge is -2.01. The van der Waals surface area contributed by atoms with Gasteiger partial charge < -0.3 is 10.1 Å². The van der Waals surface area contributed by atoms with Crippen LogP contribution < -0.4 is 5.32 Å². The zero-order valence-corrected chi connectivity index (χ0v) is 7.55. The standard InChI is InChI=1S/C9H17NO/c1-8(10-3)6-4-5-7-9(2)11/h4,6,8,10H,5,7H2,1-3H3/b6-4+.